The van der Waals surface area contributed by atoms with Gasteiger partial charge < -0.3 is 10.0 Å². The Balaban J connectivity index is 1.61. The second kappa shape index (κ2) is 10.0. The van der Waals surface area contributed by atoms with Crippen LogP contribution < -0.4 is 4.90 Å². The van der Waals surface area contributed by atoms with Crippen molar-refractivity contribution in [3.63, 3.8) is 0 Å². The molecule has 4 rings (SSSR count). The van der Waals surface area contributed by atoms with E-state index in [0.29, 0.717) is 67.0 Å². The standard InChI is InChI=1S/C25H29ClN6O2/c1-15-11-16(2)23(29-13-15)19-12-22(28-14-20(19)26)32-10-7-21(17(3)24(32)34)30-25(27-4)31-8-5-18(33)6-9-31/h11-14,18,33H,4-10H2,1-3H3. The molecule has 0 spiro atoms. The Bertz CT molecular complexity index is 1180. The minimum absolute atomic E-state index is 0.156. The number of aliphatic hydroxyl groups is 1. The number of carbonyl (C=O) groups excluding carboxylic acids is 1. The van der Waals surface area contributed by atoms with Gasteiger partial charge in [0.2, 0.25) is 5.96 Å². The van der Waals surface area contributed by atoms with Crippen LogP contribution in [0.1, 0.15) is 37.3 Å². The molecule has 2 aromatic heterocycles. The topological polar surface area (TPSA) is 94.3 Å². The molecule has 9 heteroatoms. The van der Waals surface area contributed by atoms with Gasteiger partial charge in [0.15, 0.2) is 0 Å². The lowest BCUT2D eigenvalue weighted by Gasteiger charge is -2.31. The van der Waals surface area contributed by atoms with Crippen molar-refractivity contribution in [1.29, 1.82) is 0 Å². The Kier molecular flexibility index (Phi) is 7.09. The van der Waals surface area contributed by atoms with Gasteiger partial charge in [-0.25, -0.2) is 15.0 Å². The van der Waals surface area contributed by atoms with Gasteiger partial charge in [-0.2, -0.15) is 0 Å². The lowest BCUT2D eigenvalue weighted by Crippen LogP contribution is -2.40. The summed E-state index contributed by atoms with van der Waals surface area (Å²) in [5.41, 5.74) is 4.84. The highest BCUT2D eigenvalue weighted by Crippen LogP contribution is 2.33. The molecule has 1 N–H and O–H groups in total. The van der Waals surface area contributed by atoms with Crippen LogP contribution in [-0.2, 0) is 4.79 Å². The quantitative estimate of drug-likeness (QED) is 0.530. The van der Waals surface area contributed by atoms with Gasteiger partial charge >= 0.3 is 0 Å². The molecule has 2 aliphatic heterocycles. The van der Waals surface area contributed by atoms with Crippen molar-refractivity contribution in [2.75, 3.05) is 24.5 Å². The van der Waals surface area contributed by atoms with Crippen molar-refractivity contribution in [1.82, 2.24) is 14.9 Å². The van der Waals surface area contributed by atoms with E-state index in [1.807, 2.05) is 24.8 Å². The lowest BCUT2D eigenvalue weighted by atomic mass is 10.0. The first-order valence-corrected chi connectivity index (χ1v) is 11.8. The molecule has 1 amide bonds. The molecule has 1 fully saturated rings. The third-order valence-electron chi connectivity index (χ3n) is 6.28. The number of amides is 1. The fourth-order valence-electron chi connectivity index (χ4n) is 4.34. The number of aliphatic hydroxyl groups excluding tert-OH is 1. The smallest absolute Gasteiger partial charge is 0.256 e. The molecule has 2 aliphatic rings. The normalized spacial score (nSPS) is 18.0. The predicted molar refractivity (Wildman–Crippen MR) is 135 cm³/mol. The number of aryl methyl sites for hydroxylation is 2. The minimum atomic E-state index is -0.288. The van der Waals surface area contributed by atoms with Crippen LogP contribution in [-0.4, -0.2) is 64.3 Å². The van der Waals surface area contributed by atoms with Crippen LogP contribution in [0.3, 0.4) is 0 Å². The Hall–Kier alpha value is -3.10. The van der Waals surface area contributed by atoms with Crippen LogP contribution >= 0.6 is 11.6 Å². The van der Waals surface area contributed by atoms with Gasteiger partial charge in [0.05, 0.1) is 22.5 Å². The van der Waals surface area contributed by atoms with E-state index in [0.717, 1.165) is 22.4 Å². The van der Waals surface area contributed by atoms with Crippen LogP contribution in [0.4, 0.5) is 5.82 Å². The number of rotatable bonds is 3. The fourth-order valence-corrected chi connectivity index (χ4v) is 4.53. The van der Waals surface area contributed by atoms with E-state index in [2.05, 4.69) is 32.7 Å². The third kappa shape index (κ3) is 4.88. The highest BCUT2D eigenvalue weighted by atomic mass is 35.5. The van der Waals surface area contributed by atoms with Gasteiger partial charge in [-0.05, 0) is 57.5 Å². The van der Waals surface area contributed by atoms with Crippen LogP contribution in [0.2, 0.25) is 5.02 Å². The van der Waals surface area contributed by atoms with Crippen molar-refractivity contribution in [2.45, 2.75) is 46.1 Å². The molecule has 0 atom stereocenters. The molecule has 0 unspecified atom stereocenters. The van der Waals surface area contributed by atoms with E-state index >= 15 is 0 Å². The largest absolute Gasteiger partial charge is 0.393 e. The van der Waals surface area contributed by atoms with Crippen molar-refractivity contribution in [3.05, 3.63) is 51.9 Å². The zero-order valence-corrected chi connectivity index (χ0v) is 20.5. The zero-order chi connectivity index (χ0) is 24.4. The van der Waals surface area contributed by atoms with E-state index in [-0.39, 0.29) is 12.0 Å². The van der Waals surface area contributed by atoms with E-state index in [1.54, 1.807) is 24.2 Å². The molecule has 178 valence electrons. The number of hydrogen-bond donors (Lipinski definition) is 1. The van der Waals surface area contributed by atoms with Gasteiger partial charge in [-0.15, -0.1) is 0 Å². The summed E-state index contributed by atoms with van der Waals surface area (Å²) in [5, 5.41) is 10.2. The summed E-state index contributed by atoms with van der Waals surface area (Å²) >= 11 is 6.46. The van der Waals surface area contributed by atoms with Crippen LogP contribution in [0.15, 0.2) is 45.8 Å². The summed E-state index contributed by atoms with van der Waals surface area (Å²) in [7, 11) is 0. The van der Waals surface area contributed by atoms with Gasteiger partial charge in [-0.1, -0.05) is 17.7 Å². The van der Waals surface area contributed by atoms with Crippen LogP contribution in [0.25, 0.3) is 11.3 Å². The van der Waals surface area contributed by atoms with Gasteiger partial charge in [0.25, 0.3) is 5.91 Å². The zero-order valence-electron chi connectivity index (χ0n) is 19.8. The molecule has 0 radical (unpaired) electrons. The molecular weight excluding hydrogens is 452 g/mol. The maximum Gasteiger partial charge on any atom is 0.256 e. The highest BCUT2D eigenvalue weighted by Gasteiger charge is 2.28. The monoisotopic (exact) mass is 480 g/mol. The Morgan fingerprint density at radius 2 is 1.88 bits per heavy atom. The number of aliphatic imine (C=N–C) groups is 2. The molecular formula is C25H29ClN6O2. The lowest BCUT2D eigenvalue weighted by molar-refractivity contribution is -0.115. The van der Waals surface area contributed by atoms with Gasteiger partial charge in [-0.3, -0.25) is 14.7 Å². The highest BCUT2D eigenvalue weighted by molar-refractivity contribution is 6.33. The van der Waals surface area contributed by atoms with E-state index in [9.17, 15) is 9.90 Å². The number of hydrogen-bond acceptors (Lipinski definition) is 5. The maximum absolute atomic E-state index is 13.3. The van der Waals surface area contributed by atoms with Gasteiger partial charge in [0.1, 0.15) is 5.82 Å². The molecule has 1 saturated heterocycles. The number of guanidine groups is 1. The van der Waals surface area contributed by atoms with Gasteiger partial charge in [0, 0.05) is 49.6 Å². The molecule has 0 saturated carbocycles. The fraction of sp³-hybridized carbons (Fsp3) is 0.400. The van der Waals surface area contributed by atoms with Crippen LogP contribution in [0.5, 0.6) is 0 Å². The summed E-state index contributed by atoms with van der Waals surface area (Å²) in [6.07, 6.45) is 4.98. The second-order valence-electron chi connectivity index (χ2n) is 8.77. The SMILES string of the molecule is C=NC(=NC1=C(C)C(=O)N(c2cc(-c3ncc(C)cc3C)c(Cl)cn2)CC1)N1CCC(O)CC1. The average molecular weight is 481 g/mol. The number of carbonyl (C=O) groups is 1. The number of nitrogens with zero attached hydrogens (tertiary/aromatic N) is 6. The predicted octanol–water partition coefficient (Wildman–Crippen LogP) is 3.94. The summed E-state index contributed by atoms with van der Waals surface area (Å²) in [6, 6.07) is 3.87. The first kappa shape index (κ1) is 24.0. The van der Waals surface area contributed by atoms with Crippen molar-refractivity contribution < 1.29 is 9.90 Å². The molecule has 2 aromatic rings. The first-order chi connectivity index (χ1) is 16.3. The number of likely N-dealkylation sites (tertiary alicyclic amines) is 1. The number of halogens is 1. The Morgan fingerprint density at radius 3 is 2.56 bits per heavy atom. The van der Waals surface area contributed by atoms with E-state index in [4.69, 9.17) is 11.6 Å². The van der Waals surface area contributed by atoms with Crippen LogP contribution in [0, 0.1) is 13.8 Å². The van der Waals surface area contributed by atoms with Crippen molar-refractivity contribution in [2.24, 2.45) is 9.98 Å². The number of piperidine rings is 1. The number of pyridine rings is 2. The molecule has 0 aliphatic carbocycles. The summed E-state index contributed by atoms with van der Waals surface area (Å²) in [4.78, 5) is 34.7. The molecule has 34 heavy (non-hydrogen) atoms. The molecule has 4 heterocycles. The maximum atomic E-state index is 13.3. The average Bonchev–Trinajstić information content (AvgIpc) is 2.82. The second-order valence-corrected chi connectivity index (χ2v) is 9.17. The molecule has 8 nitrogen and oxygen atoms in total. The van der Waals surface area contributed by atoms with Crippen molar-refractivity contribution >= 4 is 36.0 Å². The molecule has 0 bridgehead atoms. The summed E-state index contributed by atoms with van der Waals surface area (Å²) in [6.45, 7) is 11.2. The van der Waals surface area contributed by atoms with E-state index < -0.39 is 0 Å². The first-order valence-electron chi connectivity index (χ1n) is 11.4. The van der Waals surface area contributed by atoms with Crippen molar-refractivity contribution in [3.8, 4) is 11.3 Å². The number of anilines is 1. The Morgan fingerprint density at radius 1 is 1.15 bits per heavy atom. The van der Waals surface area contributed by atoms with E-state index in [1.165, 1.54) is 0 Å². The molecule has 0 aromatic carbocycles. The summed E-state index contributed by atoms with van der Waals surface area (Å²) < 4.78 is 0. The Labute approximate surface area is 204 Å². The third-order valence-corrected chi connectivity index (χ3v) is 6.58. The number of aromatic nitrogens is 2. The summed E-state index contributed by atoms with van der Waals surface area (Å²) in [5.74, 6) is 0.868. The minimum Gasteiger partial charge on any atom is -0.393 e.